The minimum atomic E-state index is -4.07. The molecule has 0 aromatic carbocycles. The minimum Gasteiger partial charge on any atom is -0.170 e. The van der Waals surface area contributed by atoms with Crippen molar-refractivity contribution in [1.82, 2.24) is 0 Å². The molecule has 0 spiro atoms. The lowest BCUT2D eigenvalue weighted by Crippen LogP contribution is -2.31. The van der Waals surface area contributed by atoms with Crippen molar-refractivity contribution in [2.24, 2.45) is 5.92 Å². The molecule has 4 heteroatoms. The van der Waals surface area contributed by atoms with E-state index in [1.807, 2.05) is 0 Å². The summed E-state index contributed by atoms with van der Waals surface area (Å²) in [6.45, 7) is 6.78. The van der Waals surface area contributed by atoms with Gasteiger partial charge in [-0.15, -0.1) is 11.8 Å². The molecule has 0 nitrogen and oxygen atoms in total. The fourth-order valence-corrected chi connectivity index (χ4v) is 1.96. The van der Waals surface area contributed by atoms with Crippen molar-refractivity contribution in [2.45, 2.75) is 44.4 Å². The van der Waals surface area contributed by atoms with Gasteiger partial charge in [-0.3, -0.25) is 0 Å². The van der Waals surface area contributed by atoms with Gasteiger partial charge < -0.3 is 0 Å². The van der Waals surface area contributed by atoms with Crippen LogP contribution in [0.25, 0.3) is 0 Å². The molecule has 0 aromatic rings. The van der Waals surface area contributed by atoms with Crippen LogP contribution in [0.4, 0.5) is 13.2 Å². The van der Waals surface area contributed by atoms with Gasteiger partial charge >= 0.3 is 6.18 Å². The molecule has 0 bridgehead atoms. The first kappa shape index (κ1) is 12.1. The third-order valence-electron chi connectivity index (χ3n) is 1.35. The molecule has 0 aliphatic carbocycles. The van der Waals surface area contributed by atoms with Gasteiger partial charge in [0.1, 0.15) is 5.25 Å². The Labute approximate surface area is 75.9 Å². The van der Waals surface area contributed by atoms with Crippen LogP contribution in [-0.2, 0) is 0 Å². The predicted octanol–water partition coefficient (Wildman–Crippen LogP) is 3.71. The van der Waals surface area contributed by atoms with E-state index in [1.54, 1.807) is 27.7 Å². The monoisotopic (exact) mass is 200 g/mol. The Hall–Kier alpha value is 0.140. The highest BCUT2D eigenvalue weighted by Crippen LogP contribution is 2.37. The molecule has 0 fully saturated rings. The van der Waals surface area contributed by atoms with Crippen molar-refractivity contribution >= 4 is 11.8 Å². The Bertz CT molecular complexity index is 129. The van der Waals surface area contributed by atoms with Gasteiger partial charge in [0, 0.05) is 0 Å². The highest BCUT2D eigenvalue weighted by atomic mass is 32.2. The molecule has 0 saturated heterocycles. The smallest absolute Gasteiger partial charge is 0.170 e. The summed E-state index contributed by atoms with van der Waals surface area (Å²) >= 11 is 0.990. The number of rotatable bonds is 3. The average molecular weight is 200 g/mol. The molecule has 0 amide bonds. The molecule has 1 atom stereocenters. The third-order valence-corrected chi connectivity index (χ3v) is 3.00. The Balaban J connectivity index is 4.25. The summed E-state index contributed by atoms with van der Waals surface area (Å²) in [4.78, 5) is 0. The van der Waals surface area contributed by atoms with Crippen LogP contribution in [0, 0.1) is 5.92 Å². The van der Waals surface area contributed by atoms with Crippen LogP contribution in [-0.4, -0.2) is 16.7 Å². The highest BCUT2D eigenvalue weighted by molar-refractivity contribution is 8.00. The Kier molecular flexibility index (Phi) is 4.45. The third kappa shape index (κ3) is 4.24. The summed E-state index contributed by atoms with van der Waals surface area (Å²) in [6, 6.07) is 0. The summed E-state index contributed by atoms with van der Waals surface area (Å²) in [5.74, 6) is -0.350. The fraction of sp³-hybridized carbons (Fsp3) is 1.00. The van der Waals surface area contributed by atoms with Crippen LogP contribution < -0.4 is 0 Å². The predicted molar refractivity (Wildman–Crippen MR) is 47.4 cm³/mol. The van der Waals surface area contributed by atoms with Crippen LogP contribution in [0.15, 0.2) is 0 Å². The maximum Gasteiger partial charge on any atom is 0.400 e. The zero-order valence-electron chi connectivity index (χ0n) is 7.77. The van der Waals surface area contributed by atoms with Crippen molar-refractivity contribution in [3.8, 4) is 0 Å². The number of hydrogen-bond acceptors (Lipinski definition) is 1. The summed E-state index contributed by atoms with van der Waals surface area (Å²) in [5, 5.41) is -1.20. The maximum absolute atomic E-state index is 12.3. The number of hydrogen-bond donors (Lipinski definition) is 0. The van der Waals surface area contributed by atoms with E-state index in [1.165, 1.54) is 0 Å². The van der Waals surface area contributed by atoms with E-state index in [-0.39, 0.29) is 11.2 Å². The Morgan fingerprint density at radius 2 is 1.42 bits per heavy atom. The van der Waals surface area contributed by atoms with Gasteiger partial charge in [-0.25, -0.2) is 0 Å². The summed E-state index contributed by atoms with van der Waals surface area (Å²) in [5.41, 5.74) is 0. The molecule has 0 radical (unpaired) electrons. The zero-order chi connectivity index (χ0) is 9.94. The van der Waals surface area contributed by atoms with Crippen molar-refractivity contribution in [2.75, 3.05) is 0 Å². The summed E-state index contributed by atoms with van der Waals surface area (Å²) in [7, 11) is 0. The first-order valence-corrected chi connectivity index (χ1v) is 4.91. The largest absolute Gasteiger partial charge is 0.400 e. The standard InChI is InChI=1S/C8H15F3S/c1-5(2)7(8(9,10)11)12-6(3)4/h5-7H,1-4H3/t7-/m0/s1. The number of thioether (sulfide) groups is 1. The fourth-order valence-electron chi connectivity index (χ4n) is 0.905. The summed E-state index contributed by atoms with van der Waals surface area (Å²) in [6.07, 6.45) is -4.07. The lowest BCUT2D eigenvalue weighted by molar-refractivity contribution is -0.135. The first-order chi connectivity index (χ1) is 5.25. The van der Waals surface area contributed by atoms with E-state index in [9.17, 15) is 13.2 Å². The second-order valence-corrected chi connectivity index (χ2v) is 5.11. The van der Waals surface area contributed by atoms with Crippen LogP contribution in [0.5, 0.6) is 0 Å². The van der Waals surface area contributed by atoms with Gasteiger partial charge in [0.25, 0.3) is 0 Å². The zero-order valence-corrected chi connectivity index (χ0v) is 8.59. The highest BCUT2D eigenvalue weighted by Gasteiger charge is 2.42. The quantitative estimate of drug-likeness (QED) is 0.669. The van der Waals surface area contributed by atoms with Crippen molar-refractivity contribution in [3.63, 3.8) is 0 Å². The van der Waals surface area contributed by atoms with Gasteiger partial charge in [-0.2, -0.15) is 13.2 Å². The van der Waals surface area contributed by atoms with Crippen molar-refractivity contribution in [1.29, 1.82) is 0 Å². The van der Waals surface area contributed by atoms with Gasteiger partial charge in [-0.05, 0) is 11.2 Å². The van der Waals surface area contributed by atoms with Gasteiger partial charge in [0.05, 0.1) is 0 Å². The minimum absolute atomic E-state index is 0.0269. The molecular formula is C8H15F3S. The van der Waals surface area contributed by atoms with Crippen LogP contribution in [0.1, 0.15) is 27.7 Å². The van der Waals surface area contributed by atoms with Crippen LogP contribution >= 0.6 is 11.8 Å². The molecule has 0 saturated carbocycles. The van der Waals surface area contributed by atoms with E-state index in [4.69, 9.17) is 0 Å². The second-order valence-electron chi connectivity index (χ2n) is 3.39. The molecular weight excluding hydrogens is 185 g/mol. The van der Waals surface area contributed by atoms with Crippen LogP contribution in [0.3, 0.4) is 0 Å². The Morgan fingerprint density at radius 1 is 1.00 bits per heavy atom. The topological polar surface area (TPSA) is 0 Å². The molecule has 0 rings (SSSR count). The molecule has 0 aliphatic rings. The molecule has 74 valence electrons. The summed E-state index contributed by atoms with van der Waals surface area (Å²) < 4.78 is 36.9. The maximum atomic E-state index is 12.3. The lowest BCUT2D eigenvalue weighted by atomic mass is 10.1. The second kappa shape index (κ2) is 4.40. The molecule has 12 heavy (non-hydrogen) atoms. The van der Waals surface area contributed by atoms with Crippen LogP contribution in [0.2, 0.25) is 0 Å². The average Bonchev–Trinajstić information content (AvgIpc) is 1.79. The normalized spacial score (nSPS) is 15.8. The lowest BCUT2D eigenvalue weighted by Gasteiger charge is -2.24. The van der Waals surface area contributed by atoms with E-state index >= 15 is 0 Å². The Morgan fingerprint density at radius 3 is 1.50 bits per heavy atom. The van der Waals surface area contributed by atoms with Gasteiger partial charge in [-0.1, -0.05) is 27.7 Å². The molecule has 0 N–H and O–H groups in total. The van der Waals surface area contributed by atoms with Gasteiger partial charge in [0.2, 0.25) is 0 Å². The van der Waals surface area contributed by atoms with Crippen molar-refractivity contribution in [3.05, 3.63) is 0 Å². The molecule has 0 aromatic heterocycles. The molecule has 0 unspecified atom stereocenters. The first-order valence-electron chi connectivity index (χ1n) is 3.97. The van der Waals surface area contributed by atoms with E-state index in [0.717, 1.165) is 11.8 Å². The molecule has 0 aliphatic heterocycles. The van der Waals surface area contributed by atoms with E-state index in [0.29, 0.717) is 0 Å². The SMILES string of the molecule is CC(C)S[C@@H](C(C)C)C(F)(F)F. The van der Waals surface area contributed by atoms with Gasteiger partial charge in [0.15, 0.2) is 0 Å². The number of alkyl halides is 3. The molecule has 0 heterocycles. The van der Waals surface area contributed by atoms with Crippen molar-refractivity contribution < 1.29 is 13.2 Å². The number of halogens is 3. The van der Waals surface area contributed by atoms with E-state index in [2.05, 4.69) is 0 Å². The van der Waals surface area contributed by atoms with E-state index < -0.39 is 11.4 Å².